The van der Waals surface area contributed by atoms with Crippen molar-refractivity contribution in [3.63, 3.8) is 0 Å². The molecule has 5 rings (SSSR count). The van der Waals surface area contributed by atoms with Crippen molar-refractivity contribution in [2.45, 2.75) is 6.92 Å². The minimum atomic E-state index is 0.676. The lowest BCUT2D eigenvalue weighted by Gasteiger charge is -2.36. The minimum Gasteiger partial charge on any atom is -0.369 e. The van der Waals surface area contributed by atoms with Gasteiger partial charge in [0.1, 0.15) is 5.52 Å². The third-order valence-electron chi connectivity index (χ3n) is 6.40. The number of imidazole rings is 1. The molecule has 33 heavy (non-hydrogen) atoms. The Balaban J connectivity index is 1.44. The molecule has 1 saturated heterocycles. The molecular formula is C25H30ClN7. The fourth-order valence-electron chi connectivity index (χ4n) is 4.41. The van der Waals surface area contributed by atoms with E-state index in [0.29, 0.717) is 5.02 Å². The molecular weight excluding hydrogens is 434 g/mol. The van der Waals surface area contributed by atoms with Crippen LogP contribution in [-0.2, 0) is 0 Å². The lowest BCUT2D eigenvalue weighted by Crippen LogP contribution is -2.48. The van der Waals surface area contributed by atoms with E-state index in [9.17, 15) is 0 Å². The summed E-state index contributed by atoms with van der Waals surface area (Å²) in [4.78, 5) is 16.6. The van der Waals surface area contributed by atoms with Gasteiger partial charge in [0.25, 0.3) is 0 Å². The summed E-state index contributed by atoms with van der Waals surface area (Å²) in [5.74, 6) is 0.752. The first-order valence-electron chi connectivity index (χ1n) is 11.4. The standard InChI is InChI=1S/C25H30ClN7/c1-18-5-4-6-20(26)24(18)29-25-23-16-27-17-33(23)22-8-7-19(15-21(22)28-25)32-13-11-31(12-14-32)10-9-30(2)3/h4-8,15-17H,9-14H2,1-3H3,(H,28,29). The summed E-state index contributed by atoms with van der Waals surface area (Å²) in [5, 5.41) is 4.14. The van der Waals surface area contributed by atoms with Crippen LogP contribution in [0, 0.1) is 6.92 Å². The number of nitrogens with zero attached hydrogens (tertiary/aromatic N) is 6. The maximum Gasteiger partial charge on any atom is 0.157 e. The minimum absolute atomic E-state index is 0.676. The summed E-state index contributed by atoms with van der Waals surface area (Å²) in [5.41, 5.74) is 6.05. The number of piperazine rings is 1. The van der Waals surface area contributed by atoms with Crippen LogP contribution in [0.1, 0.15) is 5.56 Å². The van der Waals surface area contributed by atoms with Crippen LogP contribution in [0.15, 0.2) is 48.9 Å². The van der Waals surface area contributed by atoms with E-state index in [1.807, 2.05) is 37.6 Å². The van der Waals surface area contributed by atoms with Crippen molar-refractivity contribution in [3.8, 4) is 0 Å². The number of halogens is 1. The van der Waals surface area contributed by atoms with Gasteiger partial charge in [-0.2, -0.15) is 0 Å². The van der Waals surface area contributed by atoms with Crippen molar-refractivity contribution in [1.82, 2.24) is 24.2 Å². The molecule has 2 aromatic carbocycles. The summed E-state index contributed by atoms with van der Waals surface area (Å²) < 4.78 is 2.08. The predicted molar refractivity (Wildman–Crippen MR) is 137 cm³/mol. The second-order valence-electron chi connectivity index (χ2n) is 8.97. The fourth-order valence-corrected chi connectivity index (χ4v) is 4.68. The Labute approximate surface area is 199 Å². The van der Waals surface area contributed by atoms with Crippen molar-refractivity contribution in [3.05, 3.63) is 59.5 Å². The highest BCUT2D eigenvalue weighted by Gasteiger charge is 2.18. The Kier molecular flexibility index (Phi) is 6.10. The quantitative estimate of drug-likeness (QED) is 0.461. The zero-order chi connectivity index (χ0) is 22.9. The maximum atomic E-state index is 6.47. The van der Waals surface area contributed by atoms with Crippen molar-refractivity contribution < 1.29 is 0 Å². The average molecular weight is 464 g/mol. The molecule has 8 heteroatoms. The van der Waals surface area contributed by atoms with E-state index in [0.717, 1.165) is 72.9 Å². The van der Waals surface area contributed by atoms with Crippen LogP contribution >= 0.6 is 11.6 Å². The van der Waals surface area contributed by atoms with Gasteiger partial charge in [-0.15, -0.1) is 0 Å². The molecule has 0 amide bonds. The highest BCUT2D eigenvalue weighted by atomic mass is 35.5. The van der Waals surface area contributed by atoms with Crippen molar-refractivity contribution in [1.29, 1.82) is 0 Å². The lowest BCUT2D eigenvalue weighted by atomic mass is 10.2. The van der Waals surface area contributed by atoms with E-state index in [-0.39, 0.29) is 0 Å². The third kappa shape index (κ3) is 4.49. The SMILES string of the molecule is Cc1cccc(Cl)c1Nc1nc2cc(N3CCN(CCN(C)C)CC3)ccc2n2cncc12. The molecule has 0 bridgehead atoms. The smallest absolute Gasteiger partial charge is 0.157 e. The fraction of sp³-hybridized carbons (Fsp3) is 0.360. The molecule has 4 aromatic rings. The van der Waals surface area contributed by atoms with Gasteiger partial charge >= 0.3 is 0 Å². The summed E-state index contributed by atoms with van der Waals surface area (Å²) in [6.07, 6.45) is 3.68. The molecule has 1 aliphatic heterocycles. The largest absolute Gasteiger partial charge is 0.369 e. The predicted octanol–water partition coefficient (Wildman–Crippen LogP) is 4.27. The molecule has 0 spiro atoms. The molecule has 0 aliphatic carbocycles. The second-order valence-corrected chi connectivity index (χ2v) is 9.38. The van der Waals surface area contributed by atoms with E-state index >= 15 is 0 Å². The molecule has 1 N–H and O–H groups in total. The number of fused-ring (bicyclic) bond motifs is 3. The molecule has 1 aliphatic rings. The van der Waals surface area contributed by atoms with Crippen LogP contribution in [0.3, 0.4) is 0 Å². The van der Waals surface area contributed by atoms with Gasteiger partial charge in [0.15, 0.2) is 5.82 Å². The molecule has 2 aromatic heterocycles. The van der Waals surface area contributed by atoms with Gasteiger partial charge in [-0.25, -0.2) is 9.97 Å². The van der Waals surface area contributed by atoms with Crippen LogP contribution < -0.4 is 10.2 Å². The molecule has 1 fully saturated rings. The number of para-hydroxylation sites is 1. The van der Waals surface area contributed by atoms with Crippen LogP contribution in [0.2, 0.25) is 5.02 Å². The van der Waals surface area contributed by atoms with E-state index < -0.39 is 0 Å². The van der Waals surface area contributed by atoms with E-state index in [1.165, 1.54) is 5.69 Å². The number of aryl methyl sites for hydroxylation is 1. The first kappa shape index (κ1) is 21.9. The molecule has 172 valence electrons. The van der Waals surface area contributed by atoms with Crippen LogP contribution in [0.25, 0.3) is 16.6 Å². The first-order valence-corrected chi connectivity index (χ1v) is 11.8. The maximum absolute atomic E-state index is 6.47. The topological polar surface area (TPSA) is 51.9 Å². The summed E-state index contributed by atoms with van der Waals surface area (Å²) in [6, 6.07) is 12.4. The Hall–Kier alpha value is -2.87. The van der Waals surface area contributed by atoms with Crippen molar-refractivity contribution >= 4 is 45.3 Å². The Morgan fingerprint density at radius 3 is 2.64 bits per heavy atom. The van der Waals surface area contributed by atoms with E-state index in [4.69, 9.17) is 16.6 Å². The molecule has 0 atom stereocenters. The Bertz CT molecular complexity index is 1250. The van der Waals surface area contributed by atoms with Crippen molar-refractivity contribution in [2.24, 2.45) is 0 Å². The van der Waals surface area contributed by atoms with Crippen LogP contribution in [0.4, 0.5) is 17.2 Å². The highest BCUT2D eigenvalue weighted by Crippen LogP contribution is 2.32. The molecule has 0 saturated carbocycles. The molecule has 0 radical (unpaired) electrons. The molecule has 0 unspecified atom stereocenters. The van der Waals surface area contributed by atoms with E-state index in [2.05, 4.69) is 61.7 Å². The van der Waals surface area contributed by atoms with Crippen LogP contribution in [-0.4, -0.2) is 77.5 Å². The van der Waals surface area contributed by atoms with Gasteiger partial charge in [0.2, 0.25) is 0 Å². The number of hydrogen-bond acceptors (Lipinski definition) is 6. The molecule has 3 heterocycles. The Morgan fingerprint density at radius 1 is 1.06 bits per heavy atom. The number of rotatable bonds is 6. The van der Waals surface area contributed by atoms with Gasteiger partial charge < -0.3 is 15.1 Å². The number of nitrogens with one attached hydrogen (secondary N) is 1. The molecule has 7 nitrogen and oxygen atoms in total. The van der Waals surface area contributed by atoms with Gasteiger partial charge in [-0.05, 0) is 50.8 Å². The number of hydrogen-bond donors (Lipinski definition) is 1. The normalized spacial score (nSPS) is 15.1. The number of anilines is 3. The average Bonchev–Trinajstić information content (AvgIpc) is 3.31. The Morgan fingerprint density at radius 2 is 1.88 bits per heavy atom. The third-order valence-corrected chi connectivity index (χ3v) is 6.71. The van der Waals surface area contributed by atoms with E-state index in [1.54, 1.807) is 0 Å². The first-order chi connectivity index (χ1) is 16.0. The van der Waals surface area contributed by atoms with Gasteiger partial charge in [-0.1, -0.05) is 23.7 Å². The zero-order valence-corrected chi connectivity index (χ0v) is 20.2. The summed E-state index contributed by atoms with van der Waals surface area (Å²) in [6.45, 7) is 8.47. The number of benzene rings is 2. The highest BCUT2D eigenvalue weighted by molar-refractivity contribution is 6.33. The summed E-state index contributed by atoms with van der Waals surface area (Å²) in [7, 11) is 4.26. The lowest BCUT2D eigenvalue weighted by molar-refractivity contribution is 0.229. The zero-order valence-electron chi connectivity index (χ0n) is 19.4. The van der Waals surface area contributed by atoms with Gasteiger partial charge in [0, 0.05) is 45.0 Å². The number of aromatic nitrogens is 3. The van der Waals surface area contributed by atoms with Gasteiger partial charge in [0.05, 0.1) is 34.3 Å². The second kappa shape index (κ2) is 9.17. The van der Waals surface area contributed by atoms with Crippen LogP contribution in [0.5, 0.6) is 0 Å². The van der Waals surface area contributed by atoms with Crippen molar-refractivity contribution in [2.75, 3.05) is 63.6 Å². The number of likely N-dealkylation sites (N-methyl/N-ethyl adjacent to an activating group) is 1. The van der Waals surface area contributed by atoms with Gasteiger partial charge in [-0.3, -0.25) is 9.30 Å². The monoisotopic (exact) mass is 463 g/mol. The summed E-state index contributed by atoms with van der Waals surface area (Å²) >= 11 is 6.47.